The molecule has 1 saturated carbocycles. The molecule has 4 heterocycles. The van der Waals surface area contributed by atoms with Gasteiger partial charge in [0.25, 0.3) is 5.69 Å². The molecule has 12 nitrogen and oxygen atoms in total. The fraction of sp³-hybridized carbons (Fsp3) is 0.275. The van der Waals surface area contributed by atoms with Gasteiger partial charge in [-0.15, -0.1) is 11.3 Å². The molecule has 6 atom stereocenters. The maximum Gasteiger partial charge on any atom is 0.271 e. The molecule has 0 bridgehead atoms. The average Bonchev–Trinajstić information content (AvgIpc) is 3.83. The molecule has 6 unspecified atom stereocenters. The summed E-state index contributed by atoms with van der Waals surface area (Å²) < 4.78 is 17.6. The van der Waals surface area contributed by atoms with Gasteiger partial charge < -0.3 is 5.11 Å². The predicted octanol–water partition coefficient (Wildman–Crippen LogP) is 7.45. The van der Waals surface area contributed by atoms with Gasteiger partial charge in [0.2, 0.25) is 23.6 Å². The van der Waals surface area contributed by atoms with Crippen molar-refractivity contribution < 1.29 is 33.6 Å². The molecule has 0 spiro atoms. The van der Waals surface area contributed by atoms with Crippen molar-refractivity contribution in [1.82, 2.24) is 9.78 Å². The molecular weight excluding hydrogens is 749 g/mol. The summed E-state index contributed by atoms with van der Waals surface area (Å²) in [6.45, 7) is 3.64. The van der Waals surface area contributed by atoms with E-state index in [4.69, 9.17) is 16.7 Å². The van der Waals surface area contributed by atoms with Crippen LogP contribution in [-0.2, 0) is 26.2 Å². The van der Waals surface area contributed by atoms with Crippen molar-refractivity contribution in [3.05, 3.63) is 110 Å². The number of aromatic nitrogens is 2. The van der Waals surface area contributed by atoms with Gasteiger partial charge in [-0.2, -0.15) is 5.10 Å². The highest BCUT2D eigenvalue weighted by Crippen LogP contribution is 2.64. The van der Waals surface area contributed by atoms with Crippen LogP contribution >= 0.6 is 22.9 Å². The third kappa shape index (κ3) is 4.90. The van der Waals surface area contributed by atoms with Crippen LogP contribution in [0.4, 0.5) is 21.6 Å². The molecule has 2 aliphatic heterocycles. The summed E-state index contributed by atoms with van der Waals surface area (Å²) in [5, 5.41) is 28.0. The Hall–Kier alpha value is -5.73. The number of benzene rings is 3. The molecule has 15 heteroatoms. The Bertz CT molecular complexity index is 2620. The summed E-state index contributed by atoms with van der Waals surface area (Å²) in [6, 6.07) is 16.5. The van der Waals surface area contributed by atoms with E-state index in [0.29, 0.717) is 21.9 Å². The first kappa shape index (κ1) is 35.0. The number of hydrogen-bond donors (Lipinski definition) is 1. The summed E-state index contributed by atoms with van der Waals surface area (Å²) in [5.74, 6) is -7.73. The largest absolute Gasteiger partial charge is 0.505 e. The number of aryl methyl sites for hydroxylation is 2. The summed E-state index contributed by atoms with van der Waals surface area (Å²) in [4.78, 5) is 72.0. The maximum atomic E-state index is 15.1. The van der Waals surface area contributed by atoms with Crippen molar-refractivity contribution in [1.29, 1.82) is 0 Å². The van der Waals surface area contributed by atoms with Crippen LogP contribution in [0.3, 0.4) is 0 Å². The lowest BCUT2D eigenvalue weighted by Crippen LogP contribution is -2.49. The number of aromatic hydroxyl groups is 1. The number of phenols is 1. The second kappa shape index (κ2) is 12.1. The number of amides is 4. The van der Waals surface area contributed by atoms with E-state index < -0.39 is 75.1 Å². The zero-order valence-electron chi connectivity index (χ0n) is 29.5. The van der Waals surface area contributed by atoms with Gasteiger partial charge in [0.1, 0.15) is 11.5 Å². The van der Waals surface area contributed by atoms with E-state index in [1.165, 1.54) is 52.4 Å². The Kier molecular flexibility index (Phi) is 7.72. The minimum absolute atomic E-state index is 0.0460. The first-order valence-electron chi connectivity index (χ1n) is 17.6. The van der Waals surface area contributed by atoms with E-state index in [1.807, 2.05) is 31.2 Å². The standard InChI is InChI=1S/C40H31ClFN5O7S/c1-18-25-14-20(41)8-12-31(25)55-35(18)29-17-32(44(3)43-29)46-37(50)27-16-26-23(34(40(27,2)39(46)52)19-7-11-30(48)28(42)13-19)9-10-24-33(26)38(51)45(36(24)49)21-5-4-6-22(15-21)47(53)54/h4-9,11-15,17,24,26-27,33-34,48H,10,16H2,1-3H3. The first-order chi connectivity index (χ1) is 26.2. The number of nitrogens with zero attached hydrogens (tertiary/aromatic N) is 5. The molecule has 4 aliphatic rings. The number of nitro benzene ring substituents is 1. The number of phenolic OH excluding ortho intramolecular Hbond substituents is 1. The smallest absolute Gasteiger partial charge is 0.271 e. The molecule has 3 aromatic carbocycles. The van der Waals surface area contributed by atoms with E-state index >= 15 is 4.39 Å². The third-order valence-electron chi connectivity index (χ3n) is 12.1. The summed E-state index contributed by atoms with van der Waals surface area (Å²) >= 11 is 7.80. The number of hydrogen-bond acceptors (Lipinski definition) is 9. The number of allylic oxidation sites excluding steroid dienone is 2. The van der Waals surface area contributed by atoms with Gasteiger partial charge in [0, 0.05) is 40.9 Å². The zero-order chi connectivity index (χ0) is 38.8. The van der Waals surface area contributed by atoms with E-state index in [1.54, 1.807) is 20.0 Å². The number of rotatable bonds is 5. The quantitative estimate of drug-likeness (QED) is 0.0835. The second-order valence-electron chi connectivity index (χ2n) is 14.9. The fourth-order valence-electron chi connectivity index (χ4n) is 9.53. The molecule has 5 aromatic rings. The number of fused-ring (bicyclic) bond motifs is 5. The van der Waals surface area contributed by atoms with Crippen LogP contribution in [0.5, 0.6) is 5.75 Å². The van der Waals surface area contributed by atoms with Crippen LogP contribution in [0.15, 0.2) is 78.4 Å². The minimum atomic E-state index is -1.46. The Morgan fingerprint density at radius 3 is 2.53 bits per heavy atom. The van der Waals surface area contributed by atoms with Crippen LogP contribution in [0.2, 0.25) is 5.02 Å². The molecule has 4 amide bonds. The first-order valence-corrected chi connectivity index (χ1v) is 18.8. The highest BCUT2D eigenvalue weighted by molar-refractivity contribution is 7.22. The van der Waals surface area contributed by atoms with Crippen molar-refractivity contribution in [2.24, 2.45) is 36.1 Å². The molecular formula is C40H31ClFN5O7S. The number of carbonyl (C=O) groups excluding carboxylic acids is 4. The Balaban J connectivity index is 1.15. The van der Waals surface area contributed by atoms with Crippen LogP contribution in [0, 0.1) is 51.9 Å². The number of anilines is 2. The lowest BCUT2D eigenvalue weighted by Gasteiger charge is -2.49. The summed E-state index contributed by atoms with van der Waals surface area (Å²) in [6.07, 6.45) is 2.00. The number of carbonyl (C=O) groups is 4. The number of nitro groups is 1. The van der Waals surface area contributed by atoms with Gasteiger partial charge >= 0.3 is 0 Å². The van der Waals surface area contributed by atoms with Gasteiger partial charge in [-0.1, -0.05) is 35.4 Å². The van der Waals surface area contributed by atoms with Crippen molar-refractivity contribution in [3.63, 3.8) is 0 Å². The van der Waals surface area contributed by atoms with E-state index in [2.05, 4.69) is 0 Å². The number of imide groups is 2. The molecule has 3 fully saturated rings. The maximum absolute atomic E-state index is 15.1. The second-order valence-corrected chi connectivity index (χ2v) is 16.4. The summed E-state index contributed by atoms with van der Waals surface area (Å²) in [7, 11) is 1.65. The van der Waals surface area contributed by atoms with Crippen molar-refractivity contribution in [2.45, 2.75) is 32.6 Å². The molecule has 2 aromatic heterocycles. The van der Waals surface area contributed by atoms with Crippen molar-refractivity contribution >= 4 is 73.8 Å². The highest BCUT2D eigenvalue weighted by atomic mass is 35.5. The molecule has 0 radical (unpaired) electrons. The number of thiophene rings is 1. The van der Waals surface area contributed by atoms with Crippen molar-refractivity contribution in [2.75, 3.05) is 9.80 Å². The zero-order valence-corrected chi connectivity index (χ0v) is 31.1. The van der Waals surface area contributed by atoms with Gasteiger partial charge in [0.05, 0.1) is 38.7 Å². The fourth-order valence-corrected chi connectivity index (χ4v) is 10.8. The van der Waals surface area contributed by atoms with Gasteiger partial charge in [0.15, 0.2) is 11.6 Å². The number of halogens is 2. The van der Waals surface area contributed by atoms with E-state index in [-0.39, 0.29) is 30.0 Å². The van der Waals surface area contributed by atoms with Crippen LogP contribution in [-0.4, -0.2) is 43.4 Å². The Labute approximate surface area is 321 Å². The number of non-ortho nitro benzene ring substituents is 1. The van der Waals surface area contributed by atoms with Gasteiger partial charge in [-0.3, -0.25) is 34.0 Å². The van der Waals surface area contributed by atoms with Crippen LogP contribution in [0.1, 0.15) is 36.8 Å². The molecule has 2 saturated heterocycles. The topological polar surface area (TPSA) is 156 Å². The highest BCUT2D eigenvalue weighted by Gasteiger charge is 2.68. The summed E-state index contributed by atoms with van der Waals surface area (Å²) in [5.41, 5.74) is 0.784. The lowest BCUT2D eigenvalue weighted by molar-refractivity contribution is -0.384. The molecule has 9 rings (SSSR count). The third-order valence-corrected chi connectivity index (χ3v) is 13.6. The molecule has 278 valence electrons. The van der Waals surface area contributed by atoms with Crippen LogP contribution < -0.4 is 9.80 Å². The molecule has 1 N–H and O–H groups in total. The predicted molar refractivity (Wildman–Crippen MR) is 202 cm³/mol. The van der Waals surface area contributed by atoms with E-state index in [9.17, 15) is 34.4 Å². The van der Waals surface area contributed by atoms with Crippen LogP contribution in [0.25, 0.3) is 20.7 Å². The Morgan fingerprint density at radius 2 is 1.78 bits per heavy atom. The molecule has 2 aliphatic carbocycles. The minimum Gasteiger partial charge on any atom is -0.505 e. The van der Waals surface area contributed by atoms with Gasteiger partial charge in [-0.05, 0) is 85.5 Å². The lowest BCUT2D eigenvalue weighted by atomic mass is 9.51. The molecule has 55 heavy (non-hydrogen) atoms. The average molecular weight is 780 g/mol. The van der Waals surface area contributed by atoms with Gasteiger partial charge in [-0.25, -0.2) is 14.2 Å². The normalized spacial score (nSPS) is 26.1. The van der Waals surface area contributed by atoms with E-state index in [0.717, 1.165) is 36.4 Å². The van der Waals surface area contributed by atoms with Crippen molar-refractivity contribution in [3.8, 4) is 16.3 Å². The monoisotopic (exact) mass is 779 g/mol. The SMILES string of the molecule is Cc1c(-c2cc(N3C(=O)C4CC5C(=CCC6C(=O)N(c7cccc([N+](=O)[O-])c7)C(=O)C65)C(c5ccc(O)c(F)c5)C4(C)C3=O)n(C)n2)sc2ccc(Cl)cc12. The Morgan fingerprint density at radius 1 is 1.00 bits per heavy atom.